The maximum absolute atomic E-state index is 11.8. The summed E-state index contributed by atoms with van der Waals surface area (Å²) >= 11 is 0. The van der Waals surface area contributed by atoms with Gasteiger partial charge in [0.15, 0.2) is 5.76 Å². The summed E-state index contributed by atoms with van der Waals surface area (Å²) in [7, 11) is 1.71. The molecule has 0 saturated heterocycles. The molecule has 174 valence electrons. The highest BCUT2D eigenvalue weighted by Gasteiger charge is 2.22. The van der Waals surface area contributed by atoms with Crippen LogP contribution < -0.4 is 0 Å². The number of ether oxygens (including phenoxy) is 3. The Morgan fingerprint density at radius 1 is 1.19 bits per heavy atom. The zero-order chi connectivity index (χ0) is 23.9. The molecule has 0 N–H and O–H groups in total. The van der Waals surface area contributed by atoms with Crippen molar-refractivity contribution in [2.24, 2.45) is 4.99 Å². The fourth-order valence-corrected chi connectivity index (χ4v) is 3.25. The average Bonchev–Trinajstić information content (AvgIpc) is 3.10. The van der Waals surface area contributed by atoms with E-state index in [9.17, 15) is 4.79 Å². The number of aromatic nitrogens is 2. The molecule has 1 atom stereocenters. The van der Waals surface area contributed by atoms with E-state index in [1.54, 1.807) is 27.1 Å². The van der Waals surface area contributed by atoms with Gasteiger partial charge in [0, 0.05) is 32.3 Å². The van der Waals surface area contributed by atoms with Crippen molar-refractivity contribution in [1.29, 1.82) is 0 Å². The number of carbonyl (C=O) groups is 1. The molecule has 0 spiro atoms. The number of allylic oxidation sites excluding steroid dienone is 1. The molecule has 2 aromatic rings. The lowest BCUT2D eigenvalue weighted by Gasteiger charge is -2.21. The third-order valence-electron chi connectivity index (χ3n) is 4.81. The SMILES string of the molecule is CCOC(=O)OC(C)O/C(=C(/C=N/C)c1ccc(C(C)(C)C)cc1)c1cc(C)nn1CC. The van der Waals surface area contributed by atoms with Crippen LogP contribution in [-0.2, 0) is 26.2 Å². The number of hydrogen-bond acceptors (Lipinski definition) is 6. The Balaban J connectivity index is 2.62. The van der Waals surface area contributed by atoms with Crippen molar-refractivity contribution in [1.82, 2.24) is 9.78 Å². The van der Waals surface area contributed by atoms with E-state index < -0.39 is 12.4 Å². The highest BCUT2D eigenvalue weighted by atomic mass is 16.8. The zero-order valence-corrected chi connectivity index (χ0v) is 20.4. The molecule has 0 saturated carbocycles. The van der Waals surface area contributed by atoms with Crippen molar-refractivity contribution in [3.63, 3.8) is 0 Å². The van der Waals surface area contributed by atoms with Gasteiger partial charge in [-0.2, -0.15) is 5.10 Å². The minimum atomic E-state index is -0.876. The van der Waals surface area contributed by atoms with Crippen LogP contribution in [0, 0.1) is 6.92 Å². The van der Waals surface area contributed by atoms with E-state index in [0.29, 0.717) is 12.3 Å². The molecule has 2 rings (SSSR count). The monoisotopic (exact) mass is 441 g/mol. The molecule has 0 aliphatic carbocycles. The number of aryl methyl sites for hydroxylation is 2. The molecule has 0 aliphatic heterocycles. The molecule has 1 heterocycles. The molecule has 0 amide bonds. The van der Waals surface area contributed by atoms with Gasteiger partial charge in [-0.25, -0.2) is 4.79 Å². The fraction of sp³-hybridized carbons (Fsp3) is 0.480. The Kier molecular flexibility index (Phi) is 8.63. The zero-order valence-electron chi connectivity index (χ0n) is 20.4. The topological polar surface area (TPSA) is 74.9 Å². The van der Waals surface area contributed by atoms with E-state index >= 15 is 0 Å². The van der Waals surface area contributed by atoms with Crippen LogP contribution in [0.3, 0.4) is 0 Å². The Bertz CT molecular complexity index is 966. The third-order valence-corrected chi connectivity index (χ3v) is 4.81. The Morgan fingerprint density at radius 3 is 2.38 bits per heavy atom. The number of aliphatic imine (C=N–C) groups is 1. The maximum Gasteiger partial charge on any atom is 0.511 e. The summed E-state index contributed by atoms with van der Waals surface area (Å²) in [4.78, 5) is 16.1. The number of benzene rings is 1. The Hall–Kier alpha value is -3.09. The largest absolute Gasteiger partial charge is 0.511 e. The van der Waals surface area contributed by atoms with Gasteiger partial charge >= 0.3 is 6.16 Å². The van der Waals surface area contributed by atoms with Gasteiger partial charge in [-0.3, -0.25) is 9.67 Å². The molecule has 1 aromatic carbocycles. The summed E-state index contributed by atoms with van der Waals surface area (Å²) in [5.74, 6) is 0.526. The van der Waals surface area contributed by atoms with Crippen molar-refractivity contribution >= 4 is 23.7 Å². The molecule has 0 fully saturated rings. The normalized spacial score (nSPS) is 13.6. The number of nitrogens with zero attached hydrogens (tertiary/aromatic N) is 3. The van der Waals surface area contributed by atoms with Crippen LogP contribution in [0.1, 0.15) is 64.1 Å². The summed E-state index contributed by atoms with van der Waals surface area (Å²) in [6.45, 7) is 14.7. The quantitative estimate of drug-likeness (QED) is 0.230. The highest BCUT2D eigenvalue weighted by molar-refractivity contribution is 6.18. The van der Waals surface area contributed by atoms with Crippen LogP contribution in [0.2, 0.25) is 0 Å². The van der Waals surface area contributed by atoms with Gasteiger partial charge in [-0.1, -0.05) is 45.0 Å². The molecule has 7 heteroatoms. The number of rotatable bonds is 8. The van der Waals surface area contributed by atoms with Crippen molar-refractivity contribution in [2.45, 2.75) is 66.7 Å². The highest BCUT2D eigenvalue weighted by Crippen LogP contribution is 2.30. The molecule has 7 nitrogen and oxygen atoms in total. The van der Waals surface area contributed by atoms with Gasteiger partial charge in [0.2, 0.25) is 6.29 Å². The van der Waals surface area contributed by atoms with Crippen molar-refractivity contribution in [3.8, 4) is 0 Å². The van der Waals surface area contributed by atoms with Gasteiger partial charge in [0.25, 0.3) is 0 Å². The van der Waals surface area contributed by atoms with Crippen LogP contribution in [0.15, 0.2) is 35.3 Å². The van der Waals surface area contributed by atoms with E-state index in [0.717, 1.165) is 22.5 Å². The van der Waals surface area contributed by atoms with Gasteiger partial charge in [0.05, 0.1) is 12.3 Å². The van der Waals surface area contributed by atoms with Crippen molar-refractivity contribution < 1.29 is 19.0 Å². The van der Waals surface area contributed by atoms with E-state index in [4.69, 9.17) is 14.2 Å². The summed E-state index contributed by atoms with van der Waals surface area (Å²) < 4.78 is 18.2. The van der Waals surface area contributed by atoms with Crippen LogP contribution in [0.25, 0.3) is 11.3 Å². The number of hydrogen-bond donors (Lipinski definition) is 0. The number of carbonyl (C=O) groups excluding carboxylic acids is 1. The second kappa shape index (κ2) is 11.0. The smallest absolute Gasteiger partial charge is 0.452 e. The summed E-state index contributed by atoms with van der Waals surface area (Å²) in [5.41, 5.74) is 4.60. The predicted octanol–water partition coefficient (Wildman–Crippen LogP) is 5.61. The fourth-order valence-electron chi connectivity index (χ4n) is 3.25. The first kappa shape index (κ1) is 25.2. The molecule has 1 aromatic heterocycles. The first-order chi connectivity index (χ1) is 15.1. The van der Waals surface area contributed by atoms with E-state index in [-0.39, 0.29) is 12.0 Å². The Morgan fingerprint density at radius 2 is 1.84 bits per heavy atom. The van der Waals surface area contributed by atoms with Gasteiger partial charge in [-0.05, 0) is 43.4 Å². The standard InChI is InChI=1S/C25H35N3O4/c1-9-28-22(15-17(3)27-28)23(31-18(4)32-24(29)30-10-2)21(16-26-8)19-11-13-20(14-12-19)25(5,6)7/h11-16,18H,9-10H2,1-8H3/b23-21-,26-16+. The van der Waals surface area contributed by atoms with E-state index in [1.165, 1.54) is 5.56 Å². The van der Waals surface area contributed by atoms with E-state index in [2.05, 4.69) is 55.1 Å². The third kappa shape index (κ3) is 6.45. The van der Waals surface area contributed by atoms with Crippen molar-refractivity contribution in [2.75, 3.05) is 13.7 Å². The first-order valence-corrected chi connectivity index (χ1v) is 10.9. The lowest BCUT2D eigenvalue weighted by atomic mass is 9.86. The molecular weight excluding hydrogens is 406 g/mol. The van der Waals surface area contributed by atoms with Crippen LogP contribution in [0.4, 0.5) is 4.79 Å². The van der Waals surface area contributed by atoms with E-state index in [1.807, 2.05) is 24.6 Å². The molecular formula is C25H35N3O4. The predicted molar refractivity (Wildman–Crippen MR) is 128 cm³/mol. The molecule has 0 radical (unpaired) electrons. The van der Waals surface area contributed by atoms with Gasteiger partial charge < -0.3 is 14.2 Å². The molecule has 0 bridgehead atoms. The van der Waals surface area contributed by atoms with Crippen molar-refractivity contribution in [3.05, 3.63) is 52.8 Å². The molecule has 0 aliphatic rings. The maximum atomic E-state index is 11.8. The lowest BCUT2D eigenvalue weighted by molar-refractivity contribution is -0.0660. The molecule has 1 unspecified atom stereocenters. The summed E-state index contributed by atoms with van der Waals surface area (Å²) in [6, 6.07) is 10.3. The minimum absolute atomic E-state index is 0.0422. The minimum Gasteiger partial charge on any atom is -0.452 e. The van der Waals surface area contributed by atoms with Crippen LogP contribution >= 0.6 is 0 Å². The first-order valence-electron chi connectivity index (χ1n) is 10.9. The molecule has 32 heavy (non-hydrogen) atoms. The summed E-state index contributed by atoms with van der Waals surface area (Å²) in [6.07, 6.45) is 0.0966. The average molecular weight is 442 g/mol. The van der Waals surface area contributed by atoms with Crippen LogP contribution in [0.5, 0.6) is 0 Å². The van der Waals surface area contributed by atoms with Gasteiger partial charge in [-0.15, -0.1) is 0 Å². The lowest BCUT2D eigenvalue weighted by Crippen LogP contribution is -2.20. The second-order valence-electron chi connectivity index (χ2n) is 8.43. The second-order valence-corrected chi connectivity index (χ2v) is 8.43. The van der Waals surface area contributed by atoms with Crippen LogP contribution in [-0.4, -0.2) is 42.1 Å². The van der Waals surface area contributed by atoms with Gasteiger partial charge in [0.1, 0.15) is 5.69 Å². The summed E-state index contributed by atoms with van der Waals surface area (Å²) in [5, 5.41) is 4.56. The Labute approximate surface area is 191 Å².